The number of carbonyl (C=O) groups excluding carboxylic acids is 1. The van der Waals surface area contributed by atoms with Crippen molar-refractivity contribution < 1.29 is 4.79 Å². The SMILES string of the molecule is CCC(CN)CC(=O)Nc1ccc(Cl)cc1I. The number of hydrogen-bond acceptors (Lipinski definition) is 2. The van der Waals surface area contributed by atoms with Gasteiger partial charge in [-0.1, -0.05) is 24.9 Å². The Morgan fingerprint density at radius 1 is 1.59 bits per heavy atom. The van der Waals surface area contributed by atoms with E-state index in [1.807, 2.05) is 19.1 Å². The first-order chi connectivity index (χ1) is 8.06. The average molecular weight is 367 g/mol. The summed E-state index contributed by atoms with van der Waals surface area (Å²) in [6.07, 6.45) is 1.38. The van der Waals surface area contributed by atoms with Gasteiger partial charge in [0.1, 0.15) is 0 Å². The number of carbonyl (C=O) groups is 1. The number of anilines is 1. The van der Waals surface area contributed by atoms with Gasteiger partial charge in [-0.2, -0.15) is 0 Å². The van der Waals surface area contributed by atoms with Crippen molar-refractivity contribution in [1.82, 2.24) is 0 Å². The lowest BCUT2D eigenvalue weighted by Crippen LogP contribution is -2.22. The van der Waals surface area contributed by atoms with Crippen molar-refractivity contribution >= 4 is 45.8 Å². The Morgan fingerprint density at radius 3 is 2.82 bits per heavy atom. The number of nitrogens with two attached hydrogens (primary N) is 1. The zero-order chi connectivity index (χ0) is 12.8. The highest BCUT2D eigenvalue weighted by molar-refractivity contribution is 14.1. The zero-order valence-electron chi connectivity index (χ0n) is 9.67. The highest BCUT2D eigenvalue weighted by atomic mass is 127. The molecule has 1 aromatic carbocycles. The van der Waals surface area contributed by atoms with Crippen molar-refractivity contribution in [2.45, 2.75) is 19.8 Å². The van der Waals surface area contributed by atoms with Crippen LogP contribution in [0, 0.1) is 9.49 Å². The molecule has 3 N–H and O–H groups in total. The van der Waals surface area contributed by atoms with E-state index >= 15 is 0 Å². The number of halogens is 2. The van der Waals surface area contributed by atoms with Crippen LogP contribution in [-0.2, 0) is 4.79 Å². The van der Waals surface area contributed by atoms with E-state index in [9.17, 15) is 4.79 Å². The lowest BCUT2D eigenvalue weighted by atomic mass is 10.0. The van der Waals surface area contributed by atoms with Gasteiger partial charge in [0.15, 0.2) is 0 Å². The summed E-state index contributed by atoms with van der Waals surface area (Å²) in [7, 11) is 0. The van der Waals surface area contributed by atoms with Gasteiger partial charge >= 0.3 is 0 Å². The van der Waals surface area contributed by atoms with Crippen LogP contribution in [0.25, 0.3) is 0 Å². The predicted octanol–water partition coefficient (Wildman–Crippen LogP) is 3.26. The molecule has 0 radical (unpaired) electrons. The van der Waals surface area contributed by atoms with Crippen LogP contribution in [0.15, 0.2) is 18.2 Å². The lowest BCUT2D eigenvalue weighted by Gasteiger charge is -2.12. The maximum absolute atomic E-state index is 11.8. The third-order valence-corrected chi connectivity index (χ3v) is 3.72. The predicted molar refractivity (Wildman–Crippen MR) is 80.3 cm³/mol. The number of benzene rings is 1. The molecule has 0 spiro atoms. The summed E-state index contributed by atoms with van der Waals surface area (Å²) < 4.78 is 0.934. The minimum Gasteiger partial charge on any atom is -0.330 e. The van der Waals surface area contributed by atoms with Crippen LogP contribution < -0.4 is 11.1 Å². The smallest absolute Gasteiger partial charge is 0.224 e. The Bertz CT molecular complexity index is 394. The van der Waals surface area contributed by atoms with Gasteiger partial charge in [-0.15, -0.1) is 0 Å². The van der Waals surface area contributed by atoms with Crippen molar-refractivity contribution in [3.8, 4) is 0 Å². The molecule has 0 saturated carbocycles. The van der Waals surface area contributed by atoms with Gasteiger partial charge in [0.25, 0.3) is 0 Å². The molecule has 0 aliphatic carbocycles. The van der Waals surface area contributed by atoms with E-state index in [0.29, 0.717) is 18.0 Å². The molecule has 1 atom stereocenters. The van der Waals surface area contributed by atoms with E-state index in [1.54, 1.807) is 6.07 Å². The summed E-state index contributed by atoms with van der Waals surface area (Å²) >= 11 is 8.00. The van der Waals surface area contributed by atoms with Gasteiger partial charge in [-0.3, -0.25) is 4.79 Å². The monoisotopic (exact) mass is 366 g/mol. The van der Waals surface area contributed by atoms with Crippen molar-refractivity contribution in [2.75, 3.05) is 11.9 Å². The molecule has 1 rings (SSSR count). The molecule has 0 bridgehead atoms. The quantitative estimate of drug-likeness (QED) is 0.786. The van der Waals surface area contributed by atoms with Crippen LogP contribution in [0.1, 0.15) is 19.8 Å². The molecule has 94 valence electrons. The van der Waals surface area contributed by atoms with Crippen LogP contribution in [0.5, 0.6) is 0 Å². The average Bonchev–Trinajstić information content (AvgIpc) is 2.29. The van der Waals surface area contributed by atoms with E-state index < -0.39 is 0 Å². The van der Waals surface area contributed by atoms with Gasteiger partial charge < -0.3 is 11.1 Å². The fourth-order valence-corrected chi connectivity index (χ4v) is 2.45. The van der Waals surface area contributed by atoms with E-state index in [1.165, 1.54) is 0 Å². The Balaban J connectivity index is 2.62. The summed E-state index contributed by atoms with van der Waals surface area (Å²) in [4.78, 5) is 11.8. The second-order valence-electron chi connectivity index (χ2n) is 3.89. The van der Waals surface area contributed by atoms with Crippen molar-refractivity contribution in [1.29, 1.82) is 0 Å². The molecule has 1 aromatic rings. The first kappa shape index (κ1) is 14.7. The summed E-state index contributed by atoms with van der Waals surface area (Å²) in [5, 5.41) is 3.54. The van der Waals surface area contributed by atoms with Crippen LogP contribution in [-0.4, -0.2) is 12.5 Å². The van der Waals surface area contributed by atoms with Crippen LogP contribution in [0.2, 0.25) is 5.02 Å². The molecular weight excluding hydrogens is 351 g/mol. The molecule has 3 nitrogen and oxygen atoms in total. The van der Waals surface area contributed by atoms with Gasteiger partial charge in [-0.05, 0) is 53.3 Å². The first-order valence-corrected chi connectivity index (χ1v) is 6.97. The second kappa shape index (κ2) is 7.18. The van der Waals surface area contributed by atoms with Crippen molar-refractivity contribution in [3.63, 3.8) is 0 Å². The Morgan fingerprint density at radius 2 is 2.29 bits per heavy atom. The normalized spacial score (nSPS) is 12.2. The molecule has 0 saturated heterocycles. The fraction of sp³-hybridized carbons (Fsp3) is 0.417. The molecule has 0 fully saturated rings. The topological polar surface area (TPSA) is 55.1 Å². The van der Waals surface area contributed by atoms with Crippen molar-refractivity contribution in [3.05, 3.63) is 26.8 Å². The molecule has 0 aliphatic rings. The van der Waals surface area contributed by atoms with Gasteiger partial charge in [-0.25, -0.2) is 0 Å². The number of nitrogens with one attached hydrogen (secondary N) is 1. The molecule has 1 unspecified atom stereocenters. The minimum atomic E-state index is 0.00235. The highest BCUT2D eigenvalue weighted by Gasteiger charge is 2.11. The summed E-state index contributed by atoms with van der Waals surface area (Å²) in [6, 6.07) is 5.39. The van der Waals surface area contributed by atoms with E-state index in [4.69, 9.17) is 17.3 Å². The first-order valence-electron chi connectivity index (χ1n) is 5.51. The number of amides is 1. The largest absolute Gasteiger partial charge is 0.330 e. The Kier molecular flexibility index (Phi) is 6.22. The Labute approximate surface area is 120 Å². The molecule has 17 heavy (non-hydrogen) atoms. The molecule has 1 amide bonds. The number of rotatable bonds is 5. The van der Waals surface area contributed by atoms with Gasteiger partial charge in [0.05, 0.1) is 5.69 Å². The van der Waals surface area contributed by atoms with Crippen molar-refractivity contribution in [2.24, 2.45) is 11.7 Å². The third kappa shape index (κ3) is 4.81. The van der Waals surface area contributed by atoms with E-state index in [-0.39, 0.29) is 11.8 Å². The summed E-state index contributed by atoms with van der Waals surface area (Å²) in [5.41, 5.74) is 6.37. The van der Waals surface area contributed by atoms with Gasteiger partial charge in [0, 0.05) is 15.0 Å². The molecule has 0 aromatic heterocycles. The molecule has 0 aliphatic heterocycles. The summed E-state index contributed by atoms with van der Waals surface area (Å²) in [5.74, 6) is 0.252. The van der Waals surface area contributed by atoms with Crippen LogP contribution >= 0.6 is 34.2 Å². The standard InChI is InChI=1S/C12H16ClIN2O/c1-2-8(7-15)5-12(17)16-11-4-3-9(13)6-10(11)14/h3-4,6,8H,2,5,7,15H2,1H3,(H,16,17). The molecular formula is C12H16ClIN2O. The summed E-state index contributed by atoms with van der Waals surface area (Å²) in [6.45, 7) is 2.58. The number of hydrogen-bond donors (Lipinski definition) is 2. The fourth-order valence-electron chi connectivity index (χ4n) is 1.45. The lowest BCUT2D eigenvalue weighted by molar-refractivity contribution is -0.117. The Hall–Kier alpha value is -0.330. The minimum absolute atomic E-state index is 0.00235. The van der Waals surface area contributed by atoms with Crippen LogP contribution in [0.4, 0.5) is 5.69 Å². The third-order valence-electron chi connectivity index (χ3n) is 2.59. The maximum Gasteiger partial charge on any atom is 0.224 e. The van der Waals surface area contributed by atoms with E-state index in [2.05, 4.69) is 27.9 Å². The van der Waals surface area contributed by atoms with Gasteiger partial charge in [0.2, 0.25) is 5.91 Å². The van der Waals surface area contributed by atoms with E-state index in [0.717, 1.165) is 15.7 Å². The molecule has 0 heterocycles. The second-order valence-corrected chi connectivity index (χ2v) is 5.49. The zero-order valence-corrected chi connectivity index (χ0v) is 12.6. The molecule has 5 heteroatoms. The highest BCUT2D eigenvalue weighted by Crippen LogP contribution is 2.22. The van der Waals surface area contributed by atoms with Crippen LogP contribution in [0.3, 0.4) is 0 Å². The maximum atomic E-state index is 11.8.